The highest BCUT2D eigenvalue weighted by molar-refractivity contribution is 6.01. The molecule has 0 saturated heterocycles. The average Bonchev–Trinajstić information content (AvgIpc) is 2.80. The monoisotopic (exact) mass is 314 g/mol. The fourth-order valence-electron chi connectivity index (χ4n) is 2.86. The van der Waals surface area contributed by atoms with Crippen LogP contribution in [0.2, 0.25) is 0 Å². The summed E-state index contributed by atoms with van der Waals surface area (Å²) in [6.07, 6.45) is 1.82. The Hall–Kier alpha value is -2.07. The molecular weight excluding hydrogens is 288 g/mol. The third-order valence-electron chi connectivity index (χ3n) is 4.13. The quantitative estimate of drug-likeness (QED) is 0.626. The van der Waals surface area contributed by atoms with Gasteiger partial charge in [-0.15, -0.1) is 6.58 Å². The first-order valence-corrected chi connectivity index (χ1v) is 8.02. The Kier molecular flexibility index (Phi) is 5.61. The van der Waals surface area contributed by atoms with E-state index < -0.39 is 0 Å². The molecule has 0 spiro atoms. The van der Waals surface area contributed by atoms with Crippen molar-refractivity contribution in [3.8, 4) is 0 Å². The van der Waals surface area contributed by atoms with Crippen LogP contribution in [0.5, 0.6) is 0 Å². The Balaban J connectivity index is 2.53. The van der Waals surface area contributed by atoms with Gasteiger partial charge in [0.2, 0.25) is 0 Å². The summed E-state index contributed by atoms with van der Waals surface area (Å²) in [6, 6.07) is 6.44. The number of hydrogen-bond donors (Lipinski definition) is 1. The molecule has 4 nitrogen and oxygen atoms in total. The largest absolute Gasteiger partial charge is 0.383 e. The van der Waals surface area contributed by atoms with Crippen molar-refractivity contribution in [2.24, 2.45) is 0 Å². The van der Waals surface area contributed by atoms with Gasteiger partial charge in [0.1, 0.15) is 5.69 Å². The van der Waals surface area contributed by atoms with E-state index >= 15 is 0 Å². The predicted octanol–water partition coefficient (Wildman–Crippen LogP) is 3.64. The number of aryl methyl sites for hydroxylation is 1. The molecule has 2 rings (SSSR count). The van der Waals surface area contributed by atoms with Crippen molar-refractivity contribution in [3.05, 3.63) is 47.7 Å². The maximum atomic E-state index is 12.6. The molecule has 0 aliphatic rings. The standard InChI is InChI=1S/C19H26N2O2/c1-6-10-21-17-8-7-15(13(2)3)12-16(17)14(4)18(21)19(22)20-9-11-23-5/h6-8,12-13H,1,9-11H2,2-5H3,(H,20,22). The molecule has 1 N–H and O–H groups in total. The van der Waals surface area contributed by atoms with Gasteiger partial charge in [-0.05, 0) is 36.1 Å². The fourth-order valence-corrected chi connectivity index (χ4v) is 2.86. The zero-order chi connectivity index (χ0) is 17.0. The van der Waals surface area contributed by atoms with Gasteiger partial charge in [0.05, 0.1) is 6.61 Å². The molecule has 1 aromatic carbocycles. The molecule has 0 atom stereocenters. The molecular formula is C19H26N2O2. The molecule has 0 fully saturated rings. The smallest absolute Gasteiger partial charge is 0.268 e. The molecule has 23 heavy (non-hydrogen) atoms. The van der Waals surface area contributed by atoms with Gasteiger partial charge in [-0.2, -0.15) is 0 Å². The molecule has 1 heterocycles. The third-order valence-corrected chi connectivity index (χ3v) is 4.13. The number of methoxy groups -OCH3 is 1. The van der Waals surface area contributed by atoms with Crippen LogP contribution in [-0.2, 0) is 11.3 Å². The highest BCUT2D eigenvalue weighted by Gasteiger charge is 2.20. The number of nitrogens with zero attached hydrogens (tertiary/aromatic N) is 1. The average molecular weight is 314 g/mol. The summed E-state index contributed by atoms with van der Waals surface area (Å²) in [5.41, 5.74) is 4.07. The summed E-state index contributed by atoms with van der Waals surface area (Å²) < 4.78 is 7.03. The lowest BCUT2D eigenvalue weighted by Crippen LogP contribution is -2.29. The van der Waals surface area contributed by atoms with E-state index in [2.05, 4.69) is 43.9 Å². The lowest BCUT2D eigenvalue weighted by atomic mass is 10.0. The van der Waals surface area contributed by atoms with E-state index in [-0.39, 0.29) is 5.91 Å². The second-order valence-corrected chi connectivity index (χ2v) is 6.05. The summed E-state index contributed by atoms with van der Waals surface area (Å²) in [5, 5.41) is 4.05. The third kappa shape index (κ3) is 3.48. The van der Waals surface area contributed by atoms with Gasteiger partial charge in [0.15, 0.2) is 0 Å². The molecule has 0 aliphatic carbocycles. The number of fused-ring (bicyclic) bond motifs is 1. The molecule has 0 bridgehead atoms. The highest BCUT2D eigenvalue weighted by atomic mass is 16.5. The first-order valence-electron chi connectivity index (χ1n) is 8.02. The zero-order valence-corrected chi connectivity index (χ0v) is 14.5. The number of aromatic nitrogens is 1. The van der Waals surface area contributed by atoms with Gasteiger partial charge in [-0.1, -0.05) is 26.0 Å². The minimum absolute atomic E-state index is 0.0660. The van der Waals surface area contributed by atoms with Crippen LogP contribution in [0.1, 0.15) is 41.4 Å². The highest BCUT2D eigenvalue weighted by Crippen LogP contribution is 2.29. The van der Waals surface area contributed by atoms with Crippen LogP contribution in [0.25, 0.3) is 10.9 Å². The van der Waals surface area contributed by atoms with Gasteiger partial charge >= 0.3 is 0 Å². The number of hydrogen-bond acceptors (Lipinski definition) is 2. The van der Waals surface area contributed by atoms with Gasteiger partial charge in [0.25, 0.3) is 5.91 Å². The summed E-state index contributed by atoms with van der Waals surface area (Å²) in [6.45, 7) is 11.8. The van der Waals surface area contributed by atoms with Crippen molar-refractivity contribution < 1.29 is 9.53 Å². The molecule has 0 aliphatic heterocycles. The summed E-state index contributed by atoms with van der Waals surface area (Å²) in [4.78, 5) is 12.6. The van der Waals surface area contributed by atoms with Crippen LogP contribution in [0.4, 0.5) is 0 Å². The Bertz CT molecular complexity index is 714. The summed E-state index contributed by atoms with van der Waals surface area (Å²) in [5.74, 6) is 0.393. The molecule has 0 unspecified atom stereocenters. The Labute approximate surface area is 138 Å². The number of rotatable bonds is 7. The van der Waals surface area contributed by atoms with E-state index in [9.17, 15) is 4.79 Å². The minimum atomic E-state index is -0.0660. The van der Waals surface area contributed by atoms with Crippen LogP contribution in [-0.4, -0.2) is 30.7 Å². The lowest BCUT2D eigenvalue weighted by molar-refractivity contribution is 0.0928. The molecule has 0 radical (unpaired) electrons. The van der Waals surface area contributed by atoms with Crippen LogP contribution in [0, 0.1) is 6.92 Å². The van der Waals surface area contributed by atoms with Crippen molar-refractivity contribution in [1.29, 1.82) is 0 Å². The van der Waals surface area contributed by atoms with Crippen LogP contribution < -0.4 is 5.32 Å². The van der Waals surface area contributed by atoms with E-state index in [1.165, 1.54) is 5.56 Å². The number of nitrogens with one attached hydrogen (secondary N) is 1. The van der Waals surface area contributed by atoms with E-state index in [1.807, 2.05) is 17.6 Å². The number of carbonyl (C=O) groups excluding carboxylic acids is 1. The Morgan fingerprint density at radius 2 is 2.17 bits per heavy atom. The fraction of sp³-hybridized carbons (Fsp3) is 0.421. The van der Waals surface area contributed by atoms with Crippen LogP contribution in [0.15, 0.2) is 30.9 Å². The number of amides is 1. The molecule has 4 heteroatoms. The number of allylic oxidation sites excluding steroid dienone is 1. The lowest BCUT2D eigenvalue weighted by Gasteiger charge is -2.10. The molecule has 1 amide bonds. The first-order chi connectivity index (χ1) is 11.0. The minimum Gasteiger partial charge on any atom is -0.383 e. The summed E-state index contributed by atoms with van der Waals surface area (Å²) in [7, 11) is 1.62. The Morgan fingerprint density at radius 1 is 1.43 bits per heavy atom. The topological polar surface area (TPSA) is 43.3 Å². The van der Waals surface area contributed by atoms with Crippen molar-refractivity contribution in [3.63, 3.8) is 0 Å². The van der Waals surface area contributed by atoms with Crippen molar-refractivity contribution >= 4 is 16.8 Å². The van der Waals surface area contributed by atoms with Gasteiger partial charge in [-0.25, -0.2) is 0 Å². The van der Waals surface area contributed by atoms with Crippen LogP contribution in [0.3, 0.4) is 0 Å². The van der Waals surface area contributed by atoms with Crippen LogP contribution >= 0.6 is 0 Å². The molecule has 1 aromatic heterocycles. The van der Waals surface area contributed by atoms with Gasteiger partial charge in [0, 0.05) is 31.1 Å². The maximum Gasteiger partial charge on any atom is 0.268 e. The van der Waals surface area contributed by atoms with Crippen molar-refractivity contribution in [2.45, 2.75) is 33.2 Å². The maximum absolute atomic E-state index is 12.6. The normalized spacial score (nSPS) is 11.2. The van der Waals surface area contributed by atoms with Crippen molar-refractivity contribution in [2.75, 3.05) is 20.3 Å². The molecule has 0 saturated carbocycles. The number of benzene rings is 1. The predicted molar refractivity (Wildman–Crippen MR) is 95.2 cm³/mol. The Morgan fingerprint density at radius 3 is 2.78 bits per heavy atom. The zero-order valence-electron chi connectivity index (χ0n) is 14.5. The van der Waals surface area contributed by atoms with Crippen molar-refractivity contribution in [1.82, 2.24) is 9.88 Å². The van der Waals surface area contributed by atoms with Gasteiger partial charge in [-0.3, -0.25) is 4.79 Å². The van der Waals surface area contributed by atoms with E-state index in [0.717, 1.165) is 16.5 Å². The van der Waals surface area contributed by atoms with E-state index in [1.54, 1.807) is 7.11 Å². The van der Waals surface area contributed by atoms with E-state index in [0.29, 0.717) is 31.3 Å². The van der Waals surface area contributed by atoms with Gasteiger partial charge < -0.3 is 14.6 Å². The summed E-state index contributed by atoms with van der Waals surface area (Å²) >= 11 is 0. The number of carbonyl (C=O) groups is 1. The second-order valence-electron chi connectivity index (χ2n) is 6.05. The molecule has 2 aromatic rings. The second kappa shape index (κ2) is 7.47. The van der Waals surface area contributed by atoms with E-state index in [4.69, 9.17) is 4.74 Å². The SMILES string of the molecule is C=CCn1c(C(=O)NCCOC)c(C)c2cc(C(C)C)ccc21. The number of ether oxygens (including phenoxy) is 1. The molecule has 124 valence electrons. The first kappa shape index (κ1) is 17.3.